The number of non-ortho nitro benzene ring substituents is 1. The standard InChI is InChI=1S/C34H25BrN6O2/c35-28-16-18-29(19-17-28)39-24-38-33(26-12-6-2-7-13-26)37-40(30-20-22-31(23-21-30)41(42)43)34(38,27-14-8-3-9-15-27)32(36-39)25-10-4-1-5-11-25/h1-23H,24H2/t34-/m1/s1. The summed E-state index contributed by atoms with van der Waals surface area (Å²) in [6, 6.07) is 45.0. The summed E-state index contributed by atoms with van der Waals surface area (Å²) in [5.41, 5.74) is 4.22. The highest BCUT2D eigenvalue weighted by Crippen LogP contribution is 2.47. The lowest BCUT2D eigenvalue weighted by molar-refractivity contribution is -0.384. The molecule has 0 spiro atoms. The Morgan fingerprint density at radius 2 is 1.23 bits per heavy atom. The highest BCUT2D eigenvalue weighted by molar-refractivity contribution is 9.10. The van der Waals surface area contributed by atoms with Crippen molar-refractivity contribution in [1.29, 1.82) is 0 Å². The second kappa shape index (κ2) is 10.8. The Labute approximate surface area is 257 Å². The van der Waals surface area contributed by atoms with Crippen LogP contribution in [0.15, 0.2) is 154 Å². The van der Waals surface area contributed by atoms with Crippen LogP contribution in [0.3, 0.4) is 0 Å². The highest BCUT2D eigenvalue weighted by atomic mass is 79.9. The number of fused-ring (bicyclic) bond motifs is 1. The second-order valence-corrected chi connectivity index (χ2v) is 11.1. The molecule has 0 bridgehead atoms. The van der Waals surface area contributed by atoms with Crippen molar-refractivity contribution in [2.45, 2.75) is 5.66 Å². The first-order chi connectivity index (χ1) is 21.1. The van der Waals surface area contributed by atoms with Gasteiger partial charge in [0.1, 0.15) is 12.4 Å². The molecule has 1 atom stereocenters. The van der Waals surface area contributed by atoms with Crippen molar-refractivity contribution in [3.63, 3.8) is 0 Å². The van der Waals surface area contributed by atoms with E-state index in [1.165, 1.54) is 12.1 Å². The van der Waals surface area contributed by atoms with Crippen LogP contribution >= 0.6 is 15.9 Å². The van der Waals surface area contributed by atoms with Gasteiger partial charge in [-0.1, -0.05) is 107 Å². The number of anilines is 2. The molecule has 5 aromatic carbocycles. The maximum Gasteiger partial charge on any atom is 0.269 e. The van der Waals surface area contributed by atoms with Gasteiger partial charge in [0, 0.05) is 33.3 Å². The number of hydrazone groups is 2. The van der Waals surface area contributed by atoms with E-state index in [2.05, 4.69) is 45.1 Å². The van der Waals surface area contributed by atoms with Crippen molar-refractivity contribution in [3.05, 3.63) is 171 Å². The predicted molar refractivity (Wildman–Crippen MR) is 173 cm³/mol. The van der Waals surface area contributed by atoms with Crippen LogP contribution in [0.2, 0.25) is 0 Å². The molecule has 0 radical (unpaired) electrons. The van der Waals surface area contributed by atoms with E-state index in [0.717, 1.165) is 38.4 Å². The van der Waals surface area contributed by atoms with Crippen molar-refractivity contribution in [1.82, 2.24) is 4.90 Å². The van der Waals surface area contributed by atoms with Crippen LogP contribution in [0.1, 0.15) is 16.7 Å². The first kappa shape index (κ1) is 26.6. The van der Waals surface area contributed by atoms with Crippen LogP contribution in [-0.2, 0) is 5.66 Å². The number of nitro groups is 1. The predicted octanol–water partition coefficient (Wildman–Crippen LogP) is 7.58. The van der Waals surface area contributed by atoms with Gasteiger partial charge in [0.05, 0.1) is 16.3 Å². The summed E-state index contributed by atoms with van der Waals surface area (Å²) in [5.74, 6) is 0.758. The molecule has 0 saturated carbocycles. The molecule has 0 N–H and O–H groups in total. The molecule has 7 rings (SSSR count). The van der Waals surface area contributed by atoms with Gasteiger partial charge in [-0.2, -0.15) is 10.2 Å². The number of halogens is 1. The normalized spacial score (nSPS) is 17.7. The summed E-state index contributed by atoms with van der Waals surface area (Å²) in [6.45, 7) is 0.393. The summed E-state index contributed by atoms with van der Waals surface area (Å²) in [4.78, 5) is 13.4. The van der Waals surface area contributed by atoms with Gasteiger partial charge in [-0.3, -0.25) is 10.1 Å². The zero-order valence-electron chi connectivity index (χ0n) is 22.9. The molecule has 0 unspecified atom stereocenters. The first-order valence-corrected chi connectivity index (χ1v) is 14.5. The molecule has 2 heterocycles. The van der Waals surface area contributed by atoms with E-state index in [4.69, 9.17) is 10.2 Å². The number of rotatable bonds is 6. The monoisotopic (exact) mass is 628 g/mol. The molecule has 5 aromatic rings. The molecular formula is C34H25BrN6O2. The van der Waals surface area contributed by atoms with Gasteiger partial charge in [-0.05, 0) is 36.4 Å². The van der Waals surface area contributed by atoms with Crippen molar-refractivity contribution in [3.8, 4) is 0 Å². The van der Waals surface area contributed by atoms with Crippen LogP contribution < -0.4 is 10.0 Å². The second-order valence-electron chi connectivity index (χ2n) is 10.2. The van der Waals surface area contributed by atoms with Gasteiger partial charge in [0.2, 0.25) is 5.66 Å². The number of nitro benzene ring substituents is 1. The van der Waals surface area contributed by atoms with Gasteiger partial charge in [-0.25, -0.2) is 10.0 Å². The van der Waals surface area contributed by atoms with E-state index < -0.39 is 5.66 Å². The molecule has 0 aliphatic carbocycles. The van der Waals surface area contributed by atoms with Crippen LogP contribution in [0.25, 0.3) is 0 Å². The molecule has 2 aliphatic heterocycles. The Morgan fingerprint density at radius 1 is 0.674 bits per heavy atom. The number of hydrogen-bond donors (Lipinski definition) is 0. The summed E-state index contributed by atoms with van der Waals surface area (Å²) in [7, 11) is 0. The summed E-state index contributed by atoms with van der Waals surface area (Å²) >= 11 is 3.56. The van der Waals surface area contributed by atoms with Crippen LogP contribution in [-0.4, -0.2) is 28.0 Å². The van der Waals surface area contributed by atoms with Crippen molar-refractivity contribution >= 4 is 44.5 Å². The third kappa shape index (κ3) is 4.54. The fourth-order valence-electron chi connectivity index (χ4n) is 5.70. The Morgan fingerprint density at radius 3 is 1.84 bits per heavy atom. The number of nitrogens with zero attached hydrogens (tertiary/aromatic N) is 6. The van der Waals surface area contributed by atoms with Crippen molar-refractivity contribution in [2.75, 3.05) is 16.7 Å². The molecule has 2 aliphatic rings. The fourth-order valence-corrected chi connectivity index (χ4v) is 5.96. The Kier molecular flexibility index (Phi) is 6.71. The zero-order valence-corrected chi connectivity index (χ0v) is 24.4. The van der Waals surface area contributed by atoms with Gasteiger partial charge >= 0.3 is 0 Å². The fraction of sp³-hybridized carbons (Fsp3) is 0.0588. The summed E-state index contributed by atoms with van der Waals surface area (Å²) in [5, 5.41) is 26.2. The minimum absolute atomic E-state index is 0.0165. The smallest absolute Gasteiger partial charge is 0.269 e. The van der Waals surface area contributed by atoms with E-state index in [0.29, 0.717) is 12.4 Å². The quantitative estimate of drug-likeness (QED) is 0.143. The first-order valence-electron chi connectivity index (χ1n) is 13.8. The molecular weight excluding hydrogens is 604 g/mol. The van der Waals surface area contributed by atoms with E-state index in [1.54, 1.807) is 12.1 Å². The molecule has 0 aromatic heterocycles. The number of hydrogen-bond acceptors (Lipinski definition) is 7. The van der Waals surface area contributed by atoms with Crippen LogP contribution in [0.4, 0.5) is 17.1 Å². The van der Waals surface area contributed by atoms with E-state index in [-0.39, 0.29) is 10.6 Å². The highest BCUT2D eigenvalue weighted by Gasteiger charge is 2.58. The molecule has 0 saturated heterocycles. The van der Waals surface area contributed by atoms with Gasteiger partial charge in [-0.15, -0.1) is 0 Å². The summed E-state index contributed by atoms with van der Waals surface area (Å²) in [6.07, 6.45) is 0. The topological polar surface area (TPSA) is 77.6 Å². The van der Waals surface area contributed by atoms with Gasteiger partial charge in [0.15, 0.2) is 5.84 Å². The molecule has 0 amide bonds. The molecule has 43 heavy (non-hydrogen) atoms. The molecule has 9 heteroatoms. The largest absolute Gasteiger partial charge is 0.301 e. The number of benzene rings is 5. The van der Waals surface area contributed by atoms with Crippen LogP contribution in [0.5, 0.6) is 0 Å². The third-order valence-corrected chi connectivity index (χ3v) is 8.19. The Bertz CT molecular complexity index is 1830. The van der Waals surface area contributed by atoms with Crippen LogP contribution in [0, 0.1) is 10.1 Å². The number of amidine groups is 1. The van der Waals surface area contributed by atoms with E-state index in [1.807, 2.05) is 101 Å². The third-order valence-electron chi connectivity index (χ3n) is 7.66. The molecule has 8 nitrogen and oxygen atoms in total. The average molecular weight is 630 g/mol. The maximum atomic E-state index is 11.5. The SMILES string of the molecule is O=[N+]([O-])c1ccc(N2N=C(c3ccccc3)N3CN(c4ccc(Br)cc4)N=C(c4ccccc4)[C@]32c2ccccc2)cc1. The molecule has 210 valence electrons. The van der Waals surface area contributed by atoms with Gasteiger partial charge < -0.3 is 4.90 Å². The van der Waals surface area contributed by atoms with Crippen molar-refractivity contribution < 1.29 is 4.92 Å². The lowest BCUT2D eigenvalue weighted by atomic mass is 9.86. The zero-order chi connectivity index (χ0) is 29.4. The Hall–Kier alpha value is -5.28. The maximum absolute atomic E-state index is 11.5. The minimum atomic E-state index is -1.02. The Balaban J connectivity index is 1.54. The van der Waals surface area contributed by atoms with E-state index in [9.17, 15) is 10.1 Å². The van der Waals surface area contributed by atoms with Crippen molar-refractivity contribution in [2.24, 2.45) is 10.2 Å². The average Bonchev–Trinajstić information content (AvgIpc) is 3.42. The molecule has 0 fully saturated rings. The lowest BCUT2D eigenvalue weighted by Crippen LogP contribution is -2.64. The lowest BCUT2D eigenvalue weighted by Gasteiger charge is -2.49. The summed E-state index contributed by atoms with van der Waals surface area (Å²) < 4.78 is 0.983. The van der Waals surface area contributed by atoms with E-state index >= 15 is 0 Å². The van der Waals surface area contributed by atoms with Gasteiger partial charge in [0.25, 0.3) is 5.69 Å². The minimum Gasteiger partial charge on any atom is -0.301 e.